The molecule has 0 radical (unpaired) electrons. The summed E-state index contributed by atoms with van der Waals surface area (Å²) in [7, 11) is 0. The molecule has 2 aliphatic heterocycles. The Morgan fingerprint density at radius 2 is 2.06 bits per heavy atom. The quantitative estimate of drug-likeness (QED) is 0.576. The number of hydrogen-bond acceptors (Lipinski definition) is 5. The average molecular weight is 437 g/mol. The summed E-state index contributed by atoms with van der Waals surface area (Å²) in [6.45, 7) is 2.94. The summed E-state index contributed by atoms with van der Waals surface area (Å²) in [4.78, 5) is 47.4. The van der Waals surface area contributed by atoms with Gasteiger partial charge in [0.25, 0.3) is 11.8 Å². The Bertz CT molecular complexity index is 1020. The van der Waals surface area contributed by atoms with Gasteiger partial charge in [0.2, 0.25) is 0 Å². The summed E-state index contributed by atoms with van der Waals surface area (Å²) in [5, 5.41) is 4.98. The predicted octanol–water partition coefficient (Wildman–Crippen LogP) is 2.39. The number of carbonyl (C=O) groups is 3. The Morgan fingerprint density at radius 1 is 1.26 bits per heavy atom. The normalized spacial score (nSPS) is 21.6. The van der Waals surface area contributed by atoms with Crippen LogP contribution in [-0.4, -0.2) is 52.3 Å². The number of rotatable bonds is 5. The van der Waals surface area contributed by atoms with Crippen LogP contribution in [0, 0.1) is 17.8 Å². The molecule has 31 heavy (non-hydrogen) atoms. The lowest BCUT2D eigenvalue weighted by atomic mass is 9.75. The summed E-state index contributed by atoms with van der Waals surface area (Å²) in [5.74, 6) is 4.59. The van der Waals surface area contributed by atoms with Crippen molar-refractivity contribution < 1.29 is 14.4 Å². The zero-order chi connectivity index (χ0) is 21.8. The van der Waals surface area contributed by atoms with E-state index >= 15 is 0 Å². The molecule has 2 aromatic rings. The molecule has 0 aromatic carbocycles. The second kappa shape index (κ2) is 8.90. The average Bonchev–Trinajstić information content (AvgIpc) is 3.40. The highest BCUT2D eigenvalue weighted by atomic mass is 32.1. The zero-order valence-electron chi connectivity index (χ0n) is 17.3. The Kier molecular flexibility index (Phi) is 6.05. The minimum Gasteiger partial charge on any atom is -0.332 e. The van der Waals surface area contributed by atoms with E-state index in [9.17, 15) is 14.4 Å². The molecule has 2 aromatic heterocycles. The van der Waals surface area contributed by atoms with E-state index in [2.05, 4.69) is 22.1 Å². The third kappa shape index (κ3) is 3.93. The first kappa shape index (κ1) is 21.1. The summed E-state index contributed by atoms with van der Waals surface area (Å²) in [5.41, 5.74) is -0.663. The molecular formula is C23H24N4O3S. The van der Waals surface area contributed by atoms with Crippen LogP contribution in [0.25, 0.3) is 0 Å². The fourth-order valence-corrected chi connectivity index (χ4v) is 5.13. The monoisotopic (exact) mass is 436 g/mol. The summed E-state index contributed by atoms with van der Waals surface area (Å²) in [6, 6.07) is 8.98. The first-order valence-corrected chi connectivity index (χ1v) is 11.2. The van der Waals surface area contributed by atoms with E-state index in [1.54, 1.807) is 41.5 Å². The number of piperidine rings is 1. The predicted molar refractivity (Wildman–Crippen MR) is 117 cm³/mol. The van der Waals surface area contributed by atoms with Gasteiger partial charge in [-0.25, -0.2) is 4.79 Å². The van der Waals surface area contributed by atoms with E-state index in [4.69, 9.17) is 0 Å². The first-order chi connectivity index (χ1) is 15.1. The van der Waals surface area contributed by atoms with Crippen LogP contribution in [0.4, 0.5) is 4.79 Å². The van der Waals surface area contributed by atoms with E-state index in [1.807, 2.05) is 23.6 Å². The zero-order valence-corrected chi connectivity index (χ0v) is 18.2. The van der Waals surface area contributed by atoms with Gasteiger partial charge in [0.15, 0.2) is 5.54 Å². The molecule has 0 spiro atoms. The van der Waals surface area contributed by atoms with E-state index in [1.165, 1.54) is 4.90 Å². The number of carbonyl (C=O) groups excluding carboxylic acids is 3. The summed E-state index contributed by atoms with van der Waals surface area (Å²) < 4.78 is 0. The lowest BCUT2D eigenvalue weighted by Gasteiger charge is -2.40. The van der Waals surface area contributed by atoms with Crippen molar-refractivity contribution in [3.05, 3.63) is 52.5 Å². The van der Waals surface area contributed by atoms with Gasteiger partial charge in [-0.05, 0) is 55.7 Å². The largest absolute Gasteiger partial charge is 0.332 e. The van der Waals surface area contributed by atoms with E-state index in [0.717, 1.165) is 4.88 Å². The molecular weight excluding hydrogens is 412 g/mol. The number of thiophene rings is 1. The van der Waals surface area contributed by atoms with Crippen molar-refractivity contribution in [1.29, 1.82) is 0 Å². The van der Waals surface area contributed by atoms with Gasteiger partial charge < -0.3 is 10.2 Å². The highest BCUT2D eigenvalue weighted by Gasteiger charge is 2.58. The van der Waals surface area contributed by atoms with Gasteiger partial charge in [-0.2, -0.15) is 0 Å². The van der Waals surface area contributed by atoms with Crippen molar-refractivity contribution in [1.82, 2.24) is 20.1 Å². The van der Waals surface area contributed by atoms with Crippen molar-refractivity contribution in [3.63, 3.8) is 0 Å². The molecule has 0 aliphatic carbocycles. The first-order valence-electron chi connectivity index (χ1n) is 10.4. The van der Waals surface area contributed by atoms with Gasteiger partial charge in [-0.15, -0.1) is 11.3 Å². The molecule has 7 nitrogen and oxygen atoms in total. The molecule has 0 bridgehead atoms. The molecule has 160 valence electrons. The molecule has 2 fully saturated rings. The van der Waals surface area contributed by atoms with Crippen molar-refractivity contribution in [2.75, 3.05) is 19.6 Å². The van der Waals surface area contributed by atoms with Gasteiger partial charge in [-0.3, -0.25) is 19.5 Å². The fourth-order valence-electron chi connectivity index (χ4n) is 4.43. The SMILES string of the molecule is CC#CC(=O)N1CCC([C@]2(c3ccccn3)NC(=O)N(CCc3cccs3)C2=O)CC1. The third-order valence-corrected chi connectivity index (χ3v) is 6.93. The topological polar surface area (TPSA) is 82.6 Å². The minimum atomic E-state index is -1.21. The van der Waals surface area contributed by atoms with Gasteiger partial charge in [0.05, 0.1) is 5.69 Å². The smallest absolute Gasteiger partial charge is 0.325 e. The molecule has 8 heteroatoms. The number of nitrogens with zero attached hydrogens (tertiary/aromatic N) is 3. The molecule has 2 saturated heterocycles. The van der Waals surface area contributed by atoms with Crippen molar-refractivity contribution in [2.45, 2.75) is 31.7 Å². The molecule has 1 atom stereocenters. The lowest BCUT2D eigenvalue weighted by molar-refractivity contribution is -0.135. The molecule has 1 N–H and O–H groups in total. The maximum absolute atomic E-state index is 13.7. The third-order valence-electron chi connectivity index (χ3n) is 5.99. The molecule has 4 rings (SSSR count). The Hall–Kier alpha value is -3.18. The second-order valence-electron chi connectivity index (χ2n) is 7.68. The van der Waals surface area contributed by atoms with Gasteiger partial charge >= 0.3 is 6.03 Å². The summed E-state index contributed by atoms with van der Waals surface area (Å²) >= 11 is 1.61. The number of amides is 4. The van der Waals surface area contributed by atoms with Crippen molar-refractivity contribution >= 4 is 29.2 Å². The van der Waals surface area contributed by atoms with Gasteiger partial charge in [-0.1, -0.05) is 18.1 Å². The maximum Gasteiger partial charge on any atom is 0.325 e. The van der Waals surface area contributed by atoms with Crippen LogP contribution in [0.5, 0.6) is 0 Å². The highest BCUT2D eigenvalue weighted by Crippen LogP contribution is 2.40. The molecule has 0 saturated carbocycles. The van der Waals surface area contributed by atoms with Gasteiger partial charge in [0, 0.05) is 36.6 Å². The van der Waals surface area contributed by atoms with Crippen LogP contribution >= 0.6 is 11.3 Å². The number of nitrogens with one attached hydrogen (secondary N) is 1. The van der Waals surface area contributed by atoms with Crippen LogP contribution in [0.3, 0.4) is 0 Å². The van der Waals surface area contributed by atoms with Gasteiger partial charge in [0.1, 0.15) is 0 Å². The van der Waals surface area contributed by atoms with Crippen LogP contribution < -0.4 is 5.32 Å². The number of imide groups is 1. The van der Waals surface area contributed by atoms with E-state index in [0.29, 0.717) is 44.6 Å². The Balaban J connectivity index is 1.59. The fraction of sp³-hybridized carbons (Fsp3) is 0.391. The van der Waals surface area contributed by atoms with E-state index in [-0.39, 0.29) is 23.8 Å². The Labute approximate surface area is 185 Å². The minimum absolute atomic E-state index is 0.163. The van der Waals surface area contributed by atoms with Crippen molar-refractivity contribution in [2.24, 2.45) is 5.92 Å². The number of hydrogen-bond donors (Lipinski definition) is 1. The molecule has 0 unspecified atom stereocenters. The molecule has 4 heterocycles. The van der Waals surface area contributed by atoms with Crippen LogP contribution in [0.1, 0.15) is 30.3 Å². The standard InChI is InChI=1S/C23H24N4O3S/c1-2-6-20(28)26-13-9-17(10-14-26)23(19-8-3-4-12-24-19)21(29)27(22(30)25-23)15-11-18-7-5-16-31-18/h3-5,7-8,12,16-17H,9-11,13-15H2,1H3,(H,25,30)/t23-/m1/s1. The van der Waals surface area contributed by atoms with Crippen molar-refractivity contribution in [3.8, 4) is 11.8 Å². The number of aromatic nitrogens is 1. The van der Waals surface area contributed by atoms with E-state index < -0.39 is 5.54 Å². The number of pyridine rings is 1. The van der Waals surface area contributed by atoms with Crippen LogP contribution in [-0.2, 0) is 21.5 Å². The lowest BCUT2D eigenvalue weighted by Crippen LogP contribution is -2.54. The number of likely N-dealkylation sites (tertiary alicyclic amines) is 1. The van der Waals surface area contributed by atoms with Crippen LogP contribution in [0.15, 0.2) is 41.9 Å². The second-order valence-corrected chi connectivity index (χ2v) is 8.71. The molecule has 2 aliphatic rings. The van der Waals surface area contributed by atoms with Crippen LogP contribution in [0.2, 0.25) is 0 Å². The highest BCUT2D eigenvalue weighted by molar-refractivity contribution is 7.09. The maximum atomic E-state index is 13.7. The molecule has 4 amide bonds. The number of urea groups is 1. The Morgan fingerprint density at radius 3 is 2.71 bits per heavy atom. The summed E-state index contributed by atoms with van der Waals surface area (Å²) in [6.07, 6.45) is 3.43.